The smallest absolute Gasteiger partial charge is 1.00 e. The molecule has 84 heavy (non-hydrogen) atoms. The zero-order chi connectivity index (χ0) is 55.9. The summed E-state index contributed by atoms with van der Waals surface area (Å²) < 4.78 is 17.9. The Hall–Kier alpha value is -7.38. The predicted molar refractivity (Wildman–Crippen MR) is 338 cm³/mol. The topological polar surface area (TPSA) is 118 Å². The molecule has 0 unspecified atom stereocenters. The van der Waals surface area contributed by atoms with E-state index in [1.165, 1.54) is 0 Å². The molecule has 6 heterocycles. The van der Waals surface area contributed by atoms with Crippen LogP contribution in [-0.4, -0.2) is 92.3 Å². The van der Waals surface area contributed by atoms with E-state index in [4.69, 9.17) is 55.6 Å². The number of pyridine rings is 3. The van der Waals surface area contributed by atoms with Crippen molar-refractivity contribution in [1.29, 1.82) is 0 Å². The standard InChI is InChI=1S/C22H18ClN3O.C22H21ClN2O2.C22H19ClN2O2.CH4.B.Na.H/c1-24-20-14-17(16-6-3-2-4-7-16)9-10-21(20)26-13-11-18(15-26)27-22-19(23)8-5-12-25-22;2*23-20-7-4-11-24-22(20)27-19-10-12-25(14-19)21-9-8-17(13-18(21)15-26)16-5-2-1-3-6-16;;;;/h2-10,12,14,18H,11,13,15H2;1-9,11,13,19,26H,10,12,14-15H2;1-9,11,13,15,19H,10,12,14H2;1H4;;;/q;;;;;+1;-1/t18-;2*19-;;;;/m000..../s1. The second-order valence-corrected chi connectivity index (χ2v) is 20.8. The third kappa shape index (κ3) is 16.3. The van der Waals surface area contributed by atoms with Crippen LogP contribution in [0.25, 0.3) is 38.2 Å². The minimum absolute atomic E-state index is 0. The fraction of sp³-hybridized carbons (Fsp3) is 0.209. The molecule has 3 atom stereocenters. The van der Waals surface area contributed by atoms with Gasteiger partial charge in [0.05, 0.1) is 32.8 Å². The number of ether oxygens (including phenoxy) is 3. The minimum atomic E-state index is -0.00861. The second kappa shape index (κ2) is 31.5. The van der Waals surface area contributed by atoms with Gasteiger partial charge in [0.25, 0.3) is 0 Å². The summed E-state index contributed by atoms with van der Waals surface area (Å²) in [5.41, 5.74) is 11.8. The Morgan fingerprint density at radius 3 is 1.27 bits per heavy atom. The van der Waals surface area contributed by atoms with E-state index >= 15 is 0 Å². The van der Waals surface area contributed by atoms with Gasteiger partial charge in [0.2, 0.25) is 23.3 Å². The summed E-state index contributed by atoms with van der Waals surface area (Å²) >= 11 is 18.4. The number of aldehydes is 1. The molecule has 421 valence electrons. The quantitative estimate of drug-likeness (QED) is 0.0637. The maximum absolute atomic E-state index is 11.7. The van der Waals surface area contributed by atoms with Crippen molar-refractivity contribution in [2.24, 2.45) is 0 Å². The van der Waals surface area contributed by atoms with Gasteiger partial charge in [0.1, 0.15) is 33.4 Å². The van der Waals surface area contributed by atoms with E-state index in [0.717, 1.165) is 108 Å². The summed E-state index contributed by atoms with van der Waals surface area (Å²) in [6.45, 7) is 12.3. The van der Waals surface area contributed by atoms with E-state index in [0.29, 0.717) is 57.0 Å². The summed E-state index contributed by atoms with van der Waals surface area (Å²) in [5.74, 6) is 1.41. The number of rotatable bonds is 14. The van der Waals surface area contributed by atoms with Crippen molar-refractivity contribution in [3.63, 3.8) is 0 Å². The van der Waals surface area contributed by atoms with Gasteiger partial charge in [-0.25, -0.2) is 19.8 Å². The summed E-state index contributed by atoms with van der Waals surface area (Å²) in [6.07, 6.45) is 8.57. The van der Waals surface area contributed by atoms with Gasteiger partial charge in [-0.15, -0.1) is 0 Å². The first-order chi connectivity index (χ1) is 39.7. The number of hydrogen-bond acceptors (Lipinski definition) is 11. The SMILES string of the molecule is C.O=Cc1cc(-c2ccccc2)ccc1N1CC[C@H](Oc2ncccc2Cl)C1.OCc1cc(-c2ccccc2)ccc1N1CC[C@H](Oc2ncccc2Cl)C1.[B].[C-]#[N+]c1cc(-c2ccccc2)ccc1N1CC[C@H](Oc2ncccc2Cl)C1.[H-].[Na+]. The molecule has 6 aromatic carbocycles. The predicted octanol–water partition coefficient (Wildman–Crippen LogP) is 12.4. The Bertz CT molecular complexity index is 3620. The van der Waals surface area contributed by atoms with Crippen molar-refractivity contribution in [2.75, 3.05) is 54.0 Å². The third-order valence-electron chi connectivity index (χ3n) is 14.3. The van der Waals surface area contributed by atoms with Crippen LogP contribution in [0.15, 0.2) is 201 Å². The molecule has 3 aliphatic rings. The van der Waals surface area contributed by atoms with Crippen LogP contribution in [0.2, 0.25) is 15.1 Å². The molecule has 0 amide bonds. The van der Waals surface area contributed by atoms with Gasteiger partial charge in [0, 0.05) is 94.1 Å². The number of aliphatic hydroxyl groups is 1. The number of anilines is 3. The van der Waals surface area contributed by atoms with Crippen molar-refractivity contribution in [3.8, 4) is 51.0 Å². The van der Waals surface area contributed by atoms with Crippen LogP contribution in [0.1, 0.15) is 44.0 Å². The number of benzene rings is 6. The molecule has 17 heteroatoms. The number of carbonyl (C=O) groups is 1. The first-order valence-electron chi connectivity index (χ1n) is 26.8. The van der Waals surface area contributed by atoms with E-state index in [2.05, 4.69) is 89.1 Å². The van der Waals surface area contributed by atoms with Crippen molar-refractivity contribution in [1.82, 2.24) is 15.0 Å². The monoisotopic (exact) mass is 1180 g/mol. The molecule has 0 bridgehead atoms. The number of carbonyl (C=O) groups excluding carboxylic acids is 1. The van der Waals surface area contributed by atoms with Crippen LogP contribution in [0, 0.1) is 6.57 Å². The van der Waals surface area contributed by atoms with Gasteiger partial charge in [-0.1, -0.05) is 151 Å². The Balaban J connectivity index is 0.000000200. The third-order valence-corrected chi connectivity index (χ3v) is 15.2. The van der Waals surface area contributed by atoms with Crippen LogP contribution in [0.4, 0.5) is 22.7 Å². The van der Waals surface area contributed by atoms with Gasteiger partial charge in [-0.2, -0.15) is 0 Å². The number of nitrogens with zero attached hydrogens (tertiary/aromatic N) is 7. The molecule has 12 nitrogen and oxygen atoms in total. The van der Waals surface area contributed by atoms with E-state index < -0.39 is 0 Å². The van der Waals surface area contributed by atoms with Crippen LogP contribution in [-0.2, 0) is 6.61 Å². The average molecular weight is 1190 g/mol. The van der Waals surface area contributed by atoms with Crippen molar-refractivity contribution < 1.29 is 55.1 Å². The molecule has 3 saturated heterocycles. The molecule has 0 spiro atoms. The average Bonchev–Trinajstić information content (AvgIpc) is 4.28. The Morgan fingerprint density at radius 2 is 0.881 bits per heavy atom. The van der Waals surface area contributed by atoms with Gasteiger partial charge in [-0.3, -0.25) is 4.79 Å². The molecule has 1 N–H and O–H groups in total. The fourth-order valence-electron chi connectivity index (χ4n) is 10.2. The maximum Gasteiger partial charge on any atom is 1.00 e. The Morgan fingerprint density at radius 1 is 0.512 bits per heavy atom. The number of aliphatic hydroxyl groups excluding tert-OH is 1. The maximum atomic E-state index is 11.7. The van der Waals surface area contributed by atoms with Crippen molar-refractivity contribution in [3.05, 3.63) is 238 Å². The van der Waals surface area contributed by atoms with E-state index in [1.54, 1.807) is 55.0 Å². The molecule has 3 radical (unpaired) electrons. The second-order valence-electron chi connectivity index (χ2n) is 19.6. The first-order valence-corrected chi connectivity index (χ1v) is 27.9. The van der Waals surface area contributed by atoms with Gasteiger partial charge >= 0.3 is 29.6 Å². The number of halogens is 3. The van der Waals surface area contributed by atoms with E-state index in [-0.39, 0.29) is 71.7 Å². The van der Waals surface area contributed by atoms with Crippen LogP contribution >= 0.6 is 34.8 Å². The summed E-state index contributed by atoms with van der Waals surface area (Å²) in [6, 6.07) is 59.4. The van der Waals surface area contributed by atoms with Crippen molar-refractivity contribution in [2.45, 2.75) is 51.6 Å². The largest absolute Gasteiger partial charge is 1.00 e. The molecule has 0 saturated carbocycles. The minimum Gasteiger partial charge on any atom is -1.00 e. The molecule has 3 aromatic heterocycles. The zero-order valence-corrected chi connectivity index (χ0v) is 50.1. The molecule has 3 fully saturated rings. The molecule has 3 aliphatic heterocycles. The fourth-order valence-corrected chi connectivity index (χ4v) is 10.7. The normalized spacial score (nSPS) is 15.8. The molecular weight excluding hydrogens is 1120 g/mol. The molecule has 0 aliphatic carbocycles. The molecule has 12 rings (SSSR count). The van der Waals surface area contributed by atoms with Gasteiger partial charge in [-0.05, 0) is 106 Å². The van der Waals surface area contributed by atoms with Gasteiger partial charge < -0.3 is 35.4 Å². The van der Waals surface area contributed by atoms with E-state index in [1.807, 2.05) is 91.0 Å². The Labute approximate surface area is 533 Å². The van der Waals surface area contributed by atoms with Crippen LogP contribution in [0.3, 0.4) is 0 Å². The number of hydrogen-bond donors (Lipinski definition) is 1. The number of aromatic nitrogens is 3. The summed E-state index contributed by atoms with van der Waals surface area (Å²) in [7, 11) is 0. The molecule has 9 aromatic rings. The van der Waals surface area contributed by atoms with Crippen LogP contribution < -0.4 is 58.5 Å². The van der Waals surface area contributed by atoms with Gasteiger partial charge in [0.15, 0.2) is 6.29 Å². The van der Waals surface area contributed by atoms with Crippen LogP contribution in [0.5, 0.6) is 17.6 Å². The zero-order valence-electron chi connectivity index (χ0n) is 46.9. The summed E-state index contributed by atoms with van der Waals surface area (Å²) in [4.78, 5) is 34.7. The molecular formula is C67H63BCl3N7NaO5. The first kappa shape index (κ1) is 64.2. The van der Waals surface area contributed by atoms with Crippen molar-refractivity contribution >= 4 is 72.3 Å². The van der Waals surface area contributed by atoms with E-state index in [9.17, 15) is 9.90 Å². The Kier molecular flexibility index (Phi) is 24.1. The summed E-state index contributed by atoms with van der Waals surface area (Å²) in [5, 5.41) is 11.5.